The van der Waals surface area contributed by atoms with Gasteiger partial charge in [0.15, 0.2) is 0 Å². The van der Waals surface area contributed by atoms with Crippen molar-refractivity contribution in [2.24, 2.45) is 0 Å². The first kappa shape index (κ1) is 14.4. The molecule has 2 aromatic carbocycles. The number of benzene rings is 2. The molecule has 0 radical (unpaired) electrons. The van der Waals surface area contributed by atoms with E-state index >= 15 is 0 Å². The lowest BCUT2D eigenvalue weighted by Gasteiger charge is -2.12. The van der Waals surface area contributed by atoms with Gasteiger partial charge in [0.1, 0.15) is 17.5 Å². The fraction of sp³-hybridized carbons (Fsp3) is 0.143. The third-order valence-corrected chi connectivity index (χ3v) is 3.76. The topological polar surface area (TPSA) is 0 Å². The molecule has 0 saturated heterocycles. The van der Waals surface area contributed by atoms with Crippen LogP contribution in [-0.4, -0.2) is 0 Å². The van der Waals surface area contributed by atoms with Gasteiger partial charge in [-0.05, 0) is 36.2 Å². The molecule has 5 heteroatoms. The van der Waals surface area contributed by atoms with Crippen molar-refractivity contribution in [2.75, 3.05) is 0 Å². The Morgan fingerprint density at radius 1 is 1.00 bits per heavy atom. The smallest absolute Gasteiger partial charge is 0.129 e. The van der Waals surface area contributed by atoms with Gasteiger partial charge >= 0.3 is 0 Å². The van der Waals surface area contributed by atoms with Crippen LogP contribution < -0.4 is 0 Å². The van der Waals surface area contributed by atoms with Crippen LogP contribution in [0.5, 0.6) is 0 Å². The van der Waals surface area contributed by atoms with E-state index in [0.29, 0.717) is 16.1 Å². The molecule has 0 fully saturated rings. The fourth-order valence-electron chi connectivity index (χ4n) is 1.74. The zero-order valence-electron chi connectivity index (χ0n) is 9.64. The van der Waals surface area contributed by atoms with E-state index in [0.717, 1.165) is 6.07 Å². The van der Waals surface area contributed by atoms with E-state index in [2.05, 4.69) is 15.9 Å². The molecule has 1 unspecified atom stereocenters. The van der Waals surface area contributed by atoms with E-state index in [1.54, 1.807) is 0 Å². The molecule has 0 nitrogen and oxygen atoms in total. The summed E-state index contributed by atoms with van der Waals surface area (Å²) in [6.45, 7) is 0. The summed E-state index contributed by atoms with van der Waals surface area (Å²) in [5.74, 6) is -1.71. The lowest BCUT2D eigenvalue weighted by molar-refractivity contribution is 0.568. The molecule has 0 amide bonds. The van der Waals surface area contributed by atoms with Crippen molar-refractivity contribution in [1.82, 2.24) is 0 Å². The Labute approximate surface area is 122 Å². The van der Waals surface area contributed by atoms with Crippen LogP contribution in [0.4, 0.5) is 13.2 Å². The highest BCUT2D eigenvalue weighted by atomic mass is 79.9. The molecule has 19 heavy (non-hydrogen) atoms. The molecule has 2 rings (SSSR count). The number of alkyl halides is 1. The molecule has 1 atom stereocenters. The second kappa shape index (κ2) is 5.97. The predicted octanol–water partition coefficient (Wildman–Crippen LogP) is 5.44. The van der Waals surface area contributed by atoms with E-state index in [4.69, 9.17) is 11.6 Å². The zero-order chi connectivity index (χ0) is 14.0. The Kier molecular flexibility index (Phi) is 4.53. The summed E-state index contributed by atoms with van der Waals surface area (Å²) in [5, 5.41) is 0.403. The highest BCUT2D eigenvalue weighted by molar-refractivity contribution is 9.09. The van der Waals surface area contributed by atoms with Gasteiger partial charge in [-0.25, -0.2) is 13.2 Å². The van der Waals surface area contributed by atoms with Gasteiger partial charge < -0.3 is 0 Å². The van der Waals surface area contributed by atoms with Gasteiger partial charge in [0, 0.05) is 21.5 Å². The van der Waals surface area contributed by atoms with Crippen molar-refractivity contribution < 1.29 is 13.2 Å². The van der Waals surface area contributed by atoms with Crippen LogP contribution in [0.25, 0.3) is 0 Å². The monoisotopic (exact) mass is 348 g/mol. The van der Waals surface area contributed by atoms with E-state index < -0.39 is 22.3 Å². The Bertz CT molecular complexity index is 601. The van der Waals surface area contributed by atoms with Crippen LogP contribution in [0, 0.1) is 17.5 Å². The second-order valence-corrected chi connectivity index (χ2v) is 5.61. The normalized spacial score (nSPS) is 12.5. The van der Waals surface area contributed by atoms with Crippen LogP contribution in [0.2, 0.25) is 5.02 Å². The summed E-state index contributed by atoms with van der Waals surface area (Å²) in [4.78, 5) is -0.439. The van der Waals surface area contributed by atoms with Gasteiger partial charge in [-0.1, -0.05) is 33.6 Å². The van der Waals surface area contributed by atoms with E-state index in [-0.39, 0.29) is 6.42 Å². The van der Waals surface area contributed by atoms with E-state index in [1.807, 2.05) is 0 Å². The maximum Gasteiger partial charge on any atom is 0.129 e. The third-order valence-electron chi connectivity index (χ3n) is 2.71. The number of hydrogen-bond donors (Lipinski definition) is 0. The van der Waals surface area contributed by atoms with E-state index in [1.165, 1.54) is 30.3 Å². The van der Waals surface area contributed by atoms with Gasteiger partial charge in [-0.2, -0.15) is 0 Å². The van der Waals surface area contributed by atoms with Crippen molar-refractivity contribution in [3.05, 3.63) is 70.0 Å². The SMILES string of the molecule is Fc1ccc(CC(Br)c2cc(Cl)ccc2F)c(F)c1. The van der Waals surface area contributed by atoms with Crippen LogP contribution >= 0.6 is 27.5 Å². The minimum absolute atomic E-state index is 0.198. The molecular weight excluding hydrogens is 341 g/mol. The van der Waals surface area contributed by atoms with Crippen molar-refractivity contribution >= 4 is 27.5 Å². The summed E-state index contributed by atoms with van der Waals surface area (Å²) in [7, 11) is 0. The maximum atomic E-state index is 13.6. The van der Waals surface area contributed by atoms with Crippen LogP contribution in [0.1, 0.15) is 16.0 Å². The lowest BCUT2D eigenvalue weighted by atomic mass is 10.0. The summed E-state index contributed by atoms with van der Waals surface area (Å²) in [6, 6.07) is 7.51. The molecule has 0 aromatic heterocycles. The molecule has 2 aromatic rings. The quantitative estimate of drug-likeness (QED) is 0.648. The van der Waals surface area contributed by atoms with Crippen LogP contribution in [0.15, 0.2) is 36.4 Å². The van der Waals surface area contributed by atoms with Crippen LogP contribution in [0.3, 0.4) is 0 Å². The van der Waals surface area contributed by atoms with Gasteiger partial charge in [0.2, 0.25) is 0 Å². The first-order chi connectivity index (χ1) is 8.97. The summed E-state index contributed by atoms with van der Waals surface area (Å²) < 4.78 is 40.0. The molecule has 0 bridgehead atoms. The summed E-state index contributed by atoms with van der Waals surface area (Å²) >= 11 is 9.11. The second-order valence-electron chi connectivity index (χ2n) is 4.07. The number of hydrogen-bond acceptors (Lipinski definition) is 0. The largest absolute Gasteiger partial charge is 0.207 e. The summed E-state index contributed by atoms with van der Waals surface area (Å²) in [5.41, 5.74) is 0.652. The molecule has 0 aliphatic carbocycles. The summed E-state index contributed by atoms with van der Waals surface area (Å²) in [6.07, 6.45) is 0.198. The van der Waals surface area contributed by atoms with Crippen LogP contribution in [-0.2, 0) is 6.42 Å². The van der Waals surface area contributed by atoms with Gasteiger partial charge in [0.25, 0.3) is 0 Å². The predicted molar refractivity (Wildman–Crippen MR) is 73.1 cm³/mol. The molecular formula is C14H9BrClF3. The Morgan fingerprint density at radius 3 is 2.42 bits per heavy atom. The molecule has 100 valence electrons. The highest BCUT2D eigenvalue weighted by Gasteiger charge is 2.16. The standard InChI is InChI=1S/C14H9BrClF3/c15-12(11-6-9(16)2-4-13(11)18)5-8-1-3-10(17)7-14(8)19/h1-4,6-7,12H,5H2. The zero-order valence-corrected chi connectivity index (χ0v) is 12.0. The van der Waals surface area contributed by atoms with Gasteiger partial charge in [0.05, 0.1) is 0 Å². The molecule has 0 aliphatic rings. The number of rotatable bonds is 3. The molecule has 0 aliphatic heterocycles. The molecule has 0 saturated carbocycles. The van der Waals surface area contributed by atoms with Crippen molar-refractivity contribution in [2.45, 2.75) is 11.2 Å². The molecule has 0 N–H and O–H groups in total. The van der Waals surface area contributed by atoms with Crippen molar-refractivity contribution in [3.63, 3.8) is 0 Å². The average molecular weight is 350 g/mol. The molecule has 0 spiro atoms. The minimum atomic E-state index is -0.646. The Balaban J connectivity index is 2.25. The van der Waals surface area contributed by atoms with E-state index in [9.17, 15) is 13.2 Å². The Hall–Kier alpha value is -1.00. The minimum Gasteiger partial charge on any atom is -0.207 e. The molecule has 0 heterocycles. The van der Waals surface area contributed by atoms with Gasteiger partial charge in [-0.15, -0.1) is 0 Å². The van der Waals surface area contributed by atoms with Crippen molar-refractivity contribution in [3.8, 4) is 0 Å². The third kappa shape index (κ3) is 3.51. The first-order valence-electron chi connectivity index (χ1n) is 5.50. The maximum absolute atomic E-state index is 13.6. The fourth-order valence-corrected chi connectivity index (χ4v) is 2.63. The Morgan fingerprint density at radius 2 is 1.74 bits per heavy atom. The first-order valence-corrected chi connectivity index (χ1v) is 6.79. The van der Waals surface area contributed by atoms with Crippen molar-refractivity contribution in [1.29, 1.82) is 0 Å². The lowest BCUT2D eigenvalue weighted by Crippen LogP contribution is -2.01. The van der Waals surface area contributed by atoms with Gasteiger partial charge in [-0.3, -0.25) is 0 Å². The number of halogens is 5. The average Bonchev–Trinajstić information content (AvgIpc) is 2.35. The highest BCUT2D eigenvalue weighted by Crippen LogP contribution is 2.31.